The minimum atomic E-state index is 0.237. The number of nitrogens with zero attached hydrogens (tertiary/aromatic N) is 1. The Morgan fingerprint density at radius 2 is 2.07 bits per heavy atom. The van der Waals surface area contributed by atoms with Crippen LogP contribution >= 0.6 is 0 Å². The first kappa shape index (κ1) is 12.0. The lowest BCUT2D eigenvalue weighted by Gasteiger charge is -2.36. The number of piperidine rings is 1. The van der Waals surface area contributed by atoms with E-state index in [4.69, 9.17) is 5.73 Å². The van der Waals surface area contributed by atoms with Crippen LogP contribution in [-0.2, 0) is 0 Å². The zero-order chi connectivity index (χ0) is 10.8. The molecule has 2 heteroatoms. The fourth-order valence-electron chi connectivity index (χ4n) is 2.00. The van der Waals surface area contributed by atoms with Gasteiger partial charge < -0.3 is 10.6 Å². The van der Waals surface area contributed by atoms with Gasteiger partial charge in [0.2, 0.25) is 0 Å². The summed E-state index contributed by atoms with van der Waals surface area (Å²) in [5, 5.41) is 0. The van der Waals surface area contributed by atoms with Gasteiger partial charge in [-0.1, -0.05) is 27.7 Å². The summed E-state index contributed by atoms with van der Waals surface area (Å²) in [4.78, 5) is 2.53. The second-order valence-corrected chi connectivity index (χ2v) is 5.98. The third-order valence-corrected chi connectivity index (χ3v) is 3.31. The second kappa shape index (κ2) is 4.63. The van der Waals surface area contributed by atoms with Gasteiger partial charge in [0, 0.05) is 19.1 Å². The zero-order valence-corrected chi connectivity index (χ0v) is 10.2. The molecular formula is C12H26N2. The van der Waals surface area contributed by atoms with Crippen molar-refractivity contribution < 1.29 is 0 Å². The summed E-state index contributed by atoms with van der Waals surface area (Å²) < 4.78 is 0. The van der Waals surface area contributed by atoms with E-state index >= 15 is 0 Å². The number of likely N-dealkylation sites (tertiary alicyclic amines) is 1. The molecule has 1 unspecified atom stereocenters. The molecule has 2 atom stereocenters. The van der Waals surface area contributed by atoms with Crippen LogP contribution in [0, 0.1) is 11.3 Å². The van der Waals surface area contributed by atoms with E-state index < -0.39 is 0 Å². The molecule has 1 aliphatic heterocycles. The van der Waals surface area contributed by atoms with E-state index in [-0.39, 0.29) is 5.41 Å². The number of rotatable bonds is 2. The normalized spacial score (nSPS) is 27.6. The van der Waals surface area contributed by atoms with Crippen molar-refractivity contribution >= 4 is 0 Å². The molecule has 2 N–H and O–H groups in total. The molecule has 14 heavy (non-hydrogen) atoms. The second-order valence-electron chi connectivity index (χ2n) is 5.98. The van der Waals surface area contributed by atoms with Crippen molar-refractivity contribution in [1.82, 2.24) is 4.90 Å². The third kappa shape index (κ3) is 3.58. The Hall–Kier alpha value is -0.0800. The molecule has 1 aliphatic rings. The molecule has 0 aliphatic carbocycles. The van der Waals surface area contributed by atoms with E-state index in [2.05, 4.69) is 32.6 Å². The van der Waals surface area contributed by atoms with Gasteiger partial charge in [0.15, 0.2) is 0 Å². The van der Waals surface area contributed by atoms with Gasteiger partial charge in [-0.25, -0.2) is 0 Å². The van der Waals surface area contributed by atoms with Crippen LogP contribution in [0.2, 0.25) is 0 Å². The first-order valence-electron chi connectivity index (χ1n) is 5.87. The summed E-state index contributed by atoms with van der Waals surface area (Å²) in [5.74, 6) is 0.857. The Labute approximate surface area is 88.8 Å². The molecule has 84 valence electrons. The number of hydrogen-bond donors (Lipinski definition) is 1. The van der Waals surface area contributed by atoms with Gasteiger partial charge in [-0.3, -0.25) is 0 Å². The standard InChI is InChI=1S/C12H26N2/c1-10-6-5-7-14(8-10)9-11(13)12(2,3)4/h10-11H,5-9,13H2,1-4H3/t10?,11-/m1/s1. The molecule has 0 spiro atoms. The smallest absolute Gasteiger partial charge is 0.0217 e. The Balaban J connectivity index is 2.36. The summed E-state index contributed by atoms with van der Waals surface area (Å²) in [6.07, 6.45) is 2.74. The minimum Gasteiger partial charge on any atom is -0.326 e. The lowest BCUT2D eigenvalue weighted by molar-refractivity contribution is 0.146. The van der Waals surface area contributed by atoms with Gasteiger partial charge in [-0.2, -0.15) is 0 Å². The van der Waals surface area contributed by atoms with Crippen molar-refractivity contribution in [2.75, 3.05) is 19.6 Å². The van der Waals surface area contributed by atoms with Crippen molar-refractivity contribution in [1.29, 1.82) is 0 Å². The Morgan fingerprint density at radius 3 is 2.57 bits per heavy atom. The number of nitrogens with two attached hydrogens (primary N) is 1. The Bertz CT molecular complexity index is 172. The van der Waals surface area contributed by atoms with Gasteiger partial charge >= 0.3 is 0 Å². The van der Waals surface area contributed by atoms with Crippen LogP contribution in [0.3, 0.4) is 0 Å². The molecule has 0 bridgehead atoms. The molecule has 2 nitrogen and oxygen atoms in total. The summed E-state index contributed by atoms with van der Waals surface area (Å²) in [5.41, 5.74) is 6.42. The van der Waals surface area contributed by atoms with E-state index in [9.17, 15) is 0 Å². The molecule has 1 saturated heterocycles. The molecule has 1 fully saturated rings. The monoisotopic (exact) mass is 198 g/mol. The molecule has 0 aromatic carbocycles. The van der Waals surface area contributed by atoms with Crippen LogP contribution in [0.25, 0.3) is 0 Å². The fourth-order valence-corrected chi connectivity index (χ4v) is 2.00. The maximum absolute atomic E-state index is 6.19. The quantitative estimate of drug-likeness (QED) is 0.736. The van der Waals surface area contributed by atoms with Crippen molar-refractivity contribution in [2.24, 2.45) is 17.1 Å². The largest absolute Gasteiger partial charge is 0.326 e. The minimum absolute atomic E-state index is 0.237. The van der Waals surface area contributed by atoms with Crippen molar-refractivity contribution in [3.8, 4) is 0 Å². The SMILES string of the molecule is CC1CCCN(C[C@@H](N)C(C)(C)C)C1. The predicted molar refractivity (Wildman–Crippen MR) is 62.3 cm³/mol. The summed E-state index contributed by atoms with van der Waals surface area (Å²) in [6.45, 7) is 12.6. The van der Waals surface area contributed by atoms with Gasteiger partial charge in [-0.15, -0.1) is 0 Å². The van der Waals surface area contributed by atoms with Crippen molar-refractivity contribution in [3.63, 3.8) is 0 Å². The molecular weight excluding hydrogens is 172 g/mol. The summed E-state index contributed by atoms with van der Waals surface area (Å²) >= 11 is 0. The van der Waals surface area contributed by atoms with E-state index in [1.807, 2.05) is 0 Å². The van der Waals surface area contributed by atoms with Crippen LogP contribution in [0.4, 0.5) is 0 Å². The van der Waals surface area contributed by atoms with Gasteiger partial charge in [0.1, 0.15) is 0 Å². The highest BCUT2D eigenvalue weighted by molar-refractivity contribution is 4.82. The molecule has 1 heterocycles. The molecule has 0 aromatic rings. The molecule has 1 rings (SSSR count). The fraction of sp³-hybridized carbons (Fsp3) is 1.00. The maximum Gasteiger partial charge on any atom is 0.0217 e. The molecule has 0 saturated carbocycles. The summed E-state index contributed by atoms with van der Waals surface area (Å²) in [6, 6.07) is 0.299. The van der Waals surface area contributed by atoms with Gasteiger partial charge in [0.05, 0.1) is 0 Å². The number of hydrogen-bond acceptors (Lipinski definition) is 2. The highest BCUT2D eigenvalue weighted by Gasteiger charge is 2.25. The van der Waals surface area contributed by atoms with Gasteiger partial charge in [0.25, 0.3) is 0 Å². The first-order chi connectivity index (χ1) is 6.39. The summed E-state index contributed by atoms with van der Waals surface area (Å²) in [7, 11) is 0. The van der Waals surface area contributed by atoms with Crippen molar-refractivity contribution in [3.05, 3.63) is 0 Å². The predicted octanol–water partition coefficient (Wildman–Crippen LogP) is 2.09. The average Bonchev–Trinajstić information content (AvgIpc) is 2.02. The van der Waals surface area contributed by atoms with Crippen LogP contribution in [-0.4, -0.2) is 30.6 Å². The van der Waals surface area contributed by atoms with Crippen LogP contribution < -0.4 is 5.73 Å². The lowest BCUT2D eigenvalue weighted by Crippen LogP contribution is -2.48. The Morgan fingerprint density at radius 1 is 1.43 bits per heavy atom. The maximum atomic E-state index is 6.19. The van der Waals surface area contributed by atoms with E-state index in [0.29, 0.717) is 6.04 Å². The van der Waals surface area contributed by atoms with Crippen molar-refractivity contribution in [2.45, 2.75) is 46.6 Å². The molecule has 0 aromatic heterocycles. The Kier molecular flexibility index (Phi) is 3.96. The third-order valence-electron chi connectivity index (χ3n) is 3.31. The molecule has 0 amide bonds. The zero-order valence-electron chi connectivity index (χ0n) is 10.2. The van der Waals surface area contributed by atoms with E-state index in [0.717, 1.165) is 12.5 Å². The van der Waals surface area contributed by atoms with Crippen LogP contribution in [0.1, 0.15) is 40.5 Å². The van der Waals surface area contributed by atoms with Gasteiger partial charge in [-0.05, 0) is 30.7 Å². The average molecular weight is 198 g/mol. The van der Waals surface area contributed by atoms with Crippen LogP contribution in [0.15, 0.2) is 0 Å². The first-order valence-corrected chi connectivity index (χ1v) is 5.87. The van der Waals surface area contributed by atoms with Crippen LogP contribution in [0.5, 0.6) is 0 Å². The highest BCUT2D eigenvalue weighted by atomic mass is 15.1. The van der Waals surface area contributed by atoms with E-state index in [1.54, 1.807) is 0 Å². The topological polar surface area (TPSA) is 29.3 Å². The lowest BCUT2D eigenvalue weighted by atomic mass is 9.86. The van der Waals surface area contributed by atoms with E-state index in [1.165, 1.54) is 25.9 Å². The highest BCUT2D eigenvalue weighted by Crippen LogP contribution is 2.21. The molecule has 0 radical (unpaired) electrons.